The first-order valence-electron chi connectivity index (χ1n) is 6.26. The fraction of sp³-hybridized carbons (Fsp3) is 0.200. The lowest BCUT2D eigenvalue weighted by molar-refractivity contribution is 0.968. The van der Waals surface area contributed by atoms with Crippen LogP contribution in [0, 0.1) is 11.3 Å². The summed E-state index contributed by atoms with van der Waals surface area (Å²) >= 11 is 12.2. The molecule has 5 heteroatoms. The van der Waals surface area contributed by atoms with Gasteiger partial charge in [0.05, 0.1) is 21.3 Å². The molecule has 0 aliphatic heterocycles. The molecular weight excluding hydrogens is 293 g/mol. The third-order valence-electron chi connectivity index (χ3n) is 2.79. The SMILES string of the molecule is CCCNc1nc(-c2cccc(Cl)c2Cl)ccc1C#N. The first-order chi connectivity index (χ1) is 9.67. The van der Waals surface area contributed by atoms with E-state index in [1.165, 1.54) is 0 Å². The predicted octanol–water partition coefficient (Wildman–Crippen LogP) is 4.75. The summed E-state index contributed by atoms with van der Waals surface area (Å²) in [7, 11) is 0. The van der Waals surface area contributed by atoms with Crippen molar-refractivity contribution in [3.63, 3.8) is 0 Å². The zero-order valence-corrected chi connectivity index (χ0v) is 12.5. The molecule has 1 aromatic heterocycles. The van der Waals surface area contributed by atoms with E-state index in [1.807, 2.05) is 12.1 Å². The Morgan fingerprint density at radius 1 is 1.25 bits per heavy atom. The van der Waals surface area contributed by atoms with Gasteiger partial charge in [0, 0.05) is 12.1 Å². The molecule has 3 nitrogen and oxygen atoms in total. The normalized spacial score (nSPS) is 10.1. The quantitative estimate of drug-likeness (QED) is 0.886. The van der Waals surface area contributed by atoms with Gasteiger partial charge < -0.3 is 5.32 Å². The van der Waals surface area contributed by atoms with Crippen LogP contribution in [0.15, 0.2) is 30.3 Å². The topological polar surface area (TPSA) is 48.7 Å². The Kier molecular flexibility index (Phi) is 4.84. The lowest BCUT2D eigenvalue weighted by Gasteiger charge is -2.10. The molecule has 0 bridgehead atoms. The molecule has 2 aromatic rings. The Bertz CT molecular complexity index is 663. The zero-order valence-electron chi connectivity index (χ0n) is 11.0. The number of hydrogen-bond donors (Lipinski definition) is 1. The molecular formula is C15H13Cl2N3. The molecule has 0 amide bonds. The number of nitrogens with one attached hydrogen (secondary N) is 1. The number of pyridine rings is 1. The lowest BCUT2D eigenvalue weighted by atomic mass is 10.1. The second kappa shape index (κ2) is 6.60. The molecule has 1 heterocycles. The van der Waals surface area contributed by atoms with Crippen LogP contribution < -0.4 is 5.32 Å². The van der Waals surface area contributed by atoms with Crippen molar-refractivity contribution < 1.29 is 0 Å². The molecule has 0 fully saturated rings. The molecule has 0 atom stereocenters. The lowest BCUT2D eigenvalue weighted by Crippen LogP contribution is -2.04. The van der Waals surface area contributed by atoms with E-state index in [1.54, 1.807) is 18.2 Å². The van der Waals surface area contributed by atoms with Gasteiger partial charge in [-0.15, -0.1) is 0 Å². The first kappa shape index (κ1) is 14.6. The number of nitriles is 1. The second-order valence-corrected chi connectivity index (χ2v) is 5.02. The Morgan fingerprint density at radius 2 is 2.05 bits per heavy atom. The minimum absolute atomic E-state index is 0.466. The van der Waals surface area contributed by atoms with Gasteiger partial charge in [-0.25, -0.2) is 4.98 Å². The predicted molar refractivity (Wildman–Crippen MR) is 83.2 cm³/mol. The van der Waals surface area contributed by atoms with E-state index < -0.39 is 0 Å². The first-order valence-corrected chi connectivity index (χ1v) is 7.02. The van der Waals surface area contributed by atoms with Crippen molar-refractivity contribution in [2.45, 2.75) is 13.3 Å². The fourth-order valence-corrected chi connectivity index (χ4v) is 2.18. The standard InChI is InChI=1S/C15H13Cl2N3/c1-2-8-19-15-10(9-18)6-7-13(20-15)11-4-3-5-12(16)14(11)17/h3-7H,2,8H2,1H3,(H,19,20). The van der Waals surface area contributed by atoms with E-state index in [-0.39, 0.29) is 0 Å². The van der Waals surface area contributed by atoms with Crippen LogP contribution in [-0.2, 0) is 0 Å². The fourth-order valence-electron chi connectivity index (χ4n) is 1.78. The van der Waals surface area contributed by atoms with Crippen LogP contribution >= 0.6 is 23.2 Å². The van der Waals surface area contributed by atoms with E-state index in [4.69, 9.17) is 28.5 Å². The summed E-state index contributed by atoms with van der Waals surface area (Å²) in [6.45, 7) is 2.81. The van der Waals surface area contributed by atoms with Crippen molar-refractivity contribution in [2.24, 2.45) is 0 Å². The van der Waals surface area contributed by atoms with Crippen LogP contribution in [0.1, 0.15) is 18.9 Å². The third-order valence-corrected chi connectivity index (χ3v) is 3.60. The Balaban J connectivity index is 2.48. The van der Waals surface area contributed by atoms with E-state index in [2.05, 4.69) is 23.3 Å². The Morgan fingerprint density at radius 3 is 2.75 bits per heavy atom. The molecule has 0 radical (unpaired) electrons. The van der Waals surface area contributed by atoms with Crippen LogP contribution in [0.5, 0.6) is 0 Å². The van der Waals surface area contributed by atoms with E-state index in [0.29, 0.717) is 27.1 Å². The maximum Gasteiger partial charge on any atom is 0.144 e. The summed E-state index contributed by atoms with van der Waals surface area (Å²) in [6.07, 6.45) is 0.953. The summed E-state index contributed by atoms with van der Waals surface area (Å²) in [5.41, 5.74) is 1.96. The molecule has 2 rings (SSSR count). The molecule has 20 heavy (non-hydrogen) atoms. The molecule has 1 aromatic carbocycles. The minimum Gasteiger partial charge on any atom is -0.369 e. The molecule has 0 aliphatic rings. The van der Waals surface area contributed by atoms with Crippen molar-refractivity contribution in [2.75, 3.05) is 11.9 Å². The highest BCUT2D eigenvalue weighted by atomic mass is 35.5. The second-order valence-electron chi connectivity index (χ2n) is 4.23. The Labute approximate surface area is 128 Å². The number of anilines is 1. The van der Waals surface area contributed by atoms with Gasteiger partial charge in [-0.2, -0.15) is 5.26 Å². The molecule has 0 aliphatic carbocycles. The smallest absolute Gasteiger partial charge is 0.144 e. The van der Waals surface area contributed by atoms with Crippen molar-refractivity contribution >= 4 is 29.0 Å². The van der Waals surface area contributed by atoms with Crippen molar-refractivity contribution in [1.82, 2.24) is 4.98 Å². The van der Waals surface area contributed by atoms with Gasteiger partial charge in [-0.1, -0.05) is 42.3 Å². The average Bonchev–Trinajstić information content (AvgIpc) is 2.47. The van der Waals surface area contributed by atoms with Crippen LogP contribution in [0.3, 0.4) is 0 Å². The van der Waals surface area contributed by atoms with Crippen LogP contribution in [0.25, 0.3) is 11.3 Å². The summed E-state index contributed by atoms with van der Waals surface area (Å²) in [5.74, 6) is 0.572. The minimum atomic E-state index is 0.466. The molecule has 0 saturated heterocycles. The number of nitrogens with zero attached hydrogens (tertiary/aromatic N) is 2. The molecule has 0 unspecified atom stereocenters. The number of rotatable bonds is 4. The number of halogens is 2. The van der Waals surface area contributed by atoms with Crippen molar-refractivity contribution in [3.05, 3.63) is 45.9 Å². The highest BCUT2D eigenvalue weighted by molar-refractivity contribution is 6.43. The zero-order chi connectivity index (χ0) is 14.5. The molecule has 0 spiro atoms. The monoisotopic (exact) mass is 305 g/mol. The van der Waals surface area contributed by atoms with Gasteiger partial charge in [-0.05, 0) is 24.6 Å². The van der Waals surface area contributed by atoms with Crippen LogP contribution in [-0.4, -0.2) is 11.5 Å². The Hall–Kier alpha value is -1.76. The third kappa shape index (κ3) is 3.04. The van der Waals surface area contributed by atoms with Crippen molar-refractivity contribution in [1.29, 1.82) is 5.26 Å². The summed E-state index contributed by atoms with van der Waals surface area (Å²) < 4.78 is 0. The van der Waals surface area contributed by atoms with E-state index in [0.717, 1.165) is 18.5 Å². The van der Waals surface area contributed by atoms with Gasteiger partial charge in [-0.3, -0.25) is 0 Å². The molecule has 0 saturated carbocycles. The number of benzene rings is 1. The maximum atomic E-state index is 9.10. The van der Waals surface area contributed by atoms with Gasteiger partial charge >= 0.3 is 0 Å². The highest BCUT2D eigenvalue weighted by Gasteiger charge is 2.11. The van der Waals surface area contributed by atoms with Gasteiger partial charge in [0.25, 0.3) is 0 Å². The van der Waals surface area contributed by atoms with E-state index in [9.17, 15) is 0 Å². The highest BCUT2D eigenvalue weighted by Crippen LogP contribution is 2.33. The summed E-state index contributed by atoms with van der Waals surface area (Å²) in [4.78, 5) is 4.48. The van der Waals surface area contributed by atoms with Gasteiger partial charge in [0.1, 0.15) is 11.9 Å². The number of hydrogen-bond acceptors (Lipinski definition) is 3. The van der Waals surface area contributed by atoms with Crippen LogP contribution in [0.4, 0.5) is 5.82 Å². The number of aromatic nitrogens is 1. The molecule has 1 N–H and O–H groups in total. The summed E-state index contributed by atoms with van der Waals surface area (Å²) in [6, 6.07) is 11.0. The van der Waals surface area contributed by atoms with Gasteiger partial charge in [0.2, 0.25) is 0 Å². The molecule has 102 valence electrons. The van der Waals surface area contributed by atoms with Gasteiger partial charge in [0.15, 0.2) is 0 Å². The van der Waals surface area contributed by atoms with Crippen molar-refractivity contribution in [3.8, 4) is 17.3 Å². The van der Waals surface area contributed by atoms with E-state index >= 15 is 0 Å². The van der Waals surface area contributed by atoms with Crippen LogP contribution in [0.2, 0.25) is 10.0 Å². The summed E-state index contributed by atoms with van der Waals surface area (Å²) in [5, 5.41) is 13.2. The largest absolute Gasteiger partial charge is 0.369 e. The maximum absolute atomic E-state index is 9.10. The average molecular weight is 306 g/mol.